The van der Waals surface area contributed by atoms with Crippen LogP contribution >= 0.6 is 7.37 Å². The van der Waals surface area contributed by atoms with Crippen LogP contribution in [0.25, 0.3) is 0 Å². The van der Waals surface area contributed by atoms with Gasteiger partial charge >= 0.3 is 5.97 Å². The van der Waals surface area contributed by atoms with Crippen molar-refractivity contribution in [3.05, 3.63) is 0 Å². The SMILES string of the molecule is CCCCOC(=O)CP(=O)(CC)OCCCC. The maximum absolute atomic E-state index is 12.2. The standard InChI is InChI=1S/C12H25O4P/c1-4-7-9-15-12(13)11-17(14,6-3)16-10-8-5-2/h4-11H2,1-3H3. The summed E-state index contributed by atoms with van der Waals surface area (Å²) in [4.78, 5) is 11.5. The van der Waals surface area contributed by atoms with Gasteiger partial charge in [-0.2, -0.15) is 0 Å². The summed E-state index contributed by atoms with van der Waals surface area (Å²) in [6.07, 6.45) is 3.99. The first kappa shape index (κ1) is 16.7. The Kier molecular flexibility index (Phi) is 9.47. The minimum atomic E-state index is -2.81. The molecular weight excluding hydrogens is 239 g/mol. The van der Waals surface area contributed by atoms with Gasteiger partial charge in [0.1, 0.15) is 6.16 Å². The average molecular weight is 264 g/mol. The molecule has 0 amide bonds. The molecule has 0 aliphatic rings. The maximum Gasteiger partial charge on any atom is 0.315 e. The van der Waals surface area contributed by atoms with Crippen LogP contribution in [0.15, 0.2) is 0 Å². The Bertz CT molecular complexity index is 253. The van der Waals surface area contributed by atoms with Crippen LogP contribution in [0, 0.1) is 0 Å². The third-order valence-corrected chi connectivity index (χ3v) is 4.79. The molecule has 0 aromatic carbocycles. The number of rotatable bonds is 10. The van der Waals surface area contributed by atoms with E-state index in [9.17, 15) is 9.36 Å². The Balaban J connectivity index is 3.99. The second-order valence-corrected chi connectivity index (χ2v) is 6.89. The number of hydrogen-bond donors (Lipinski definition) is 0. The predicted octanol–water partition coefficient (Wildman–Crippen LogP) is 3.44. The molecule has 0 fully saturated rings. The fourth-order valence-electron chi connectivity index (χ4n) is 1.20. The fraction of sp³-hybridized carbons (Fsp3) is 0.917. The lowest BCUT2D eigenvalue weighted by Gasteiger charge is -2.16. The summed E-state index contributed by atoms with van der Waals surface area (Å²) in [6.45, 7) is 6.72. The number of carbonyl (C=O) groups excluding carboxylic acids is 1. The Hall–Kier alpha value is -0.340. The lowest BCUT2D eigenvalue weighted by atomic mass is 10.4. The zero-order chi connectivity index (χ0) is 13.1. The Morgan fingerprint density at radius 2 is 1.65 bits per heavy atom. The first-order valence-corrected chi connectivity index (χ1v) is 8.45. The molecule has 0 aliphatic heterocycles. The first-order valence-electron chi connectivity index (χ1n) is 6.46. The molecule has 4 nitrogen and oxygen atoms in total. The van der Waals surface area contributed by atoms with E-state index in [0.717, 1.165) is 25.7 Å². The van der Waals surface area contributed by atoms with E-state index in [1.807, 2.05) is 13.8 Å². The molecule has 0 saturated carbocycles. The molecule has 0 aromatic rings. The molecule has 0 spiro atoms. The van der Waals surface area contributed by atoms with Crippen molar-refractivity contribution in [1.82, 2.24) is 0 Å². The van der Waals surface area contributed by atoms with Crippen LogP contribution in [0.4, 0.5) is 0 Å². The van der Waals surface area contributed by atoms with Gasteiger partial charge in [0.2, 0.25) is 7.37 Å². The molecule has 0 rings (SSSR count). The Morgan fingerprint density at radius 3 is 2.18 bits per heavy atom. The molecular formula is C12H25O4P. The molecule has 0 aromatic heterocycles. The van der Waals surface area contributed by atoms with E-state index in [1.54, 1.807) is 6.92 Å². The van der Waals surface area contributed by atoms with Gasteiger partial charge in [0.05, 0.1) is 13.2 Å². The van der Waals surface area contributed by atoms with Gasteiger partial charge in [0.25, 0.3) is 0 Å². The molecule has 0 radical (unpaired) electrons. The molecule has 0 heterocycles. The van der Waals surface area contributed by atoms with Crippen LogP contribution in [0.5, 0.6) is 0 Å². The molecule has 0 aliphatic carbocycles. The van der Waals surface area contributed by atoms with Gasteiger partial charge in [0, 0.05) is 6.16 Å². The second-order valence-electron chi connectivity index (χ2n) is 4.05. The lowest BCUT2D eigenvalue weighted by Crippen LogP contribution is -2.13. The fourth-order valence-corrected chi connectivity index (χ4v) is 2.64. The number of esters is 1. The van der Waals surface area contributed by atoms with Crippen molar-refractivity contribution in [1.29, 1.82) is 0 Å². The number of hydrogen-bond acceptors (Lipinski definition) is 4. The monoisotopic (exact) mass is 264 g/mol. The number of ether oxygens (including phenoxy) is 1. The van der Waals surface area contributed by atoms with Gasteiger partial charge in [-0.15, -0.1) is 0 Å². The van der Waals surface area contributed by atoms with Crippen molar-refractivity contribution < 1.29 is 18.6 Å². The van der Waals surface area contributed by atoms with Crippen molar-refractivity contribution in [2.75, 3.05) is 25.5 Å². The van der Waals surface area contributed by atoms with Crippen LogP contribution < -0.4 is 0 Å². The normalized spacial score (nSPS) is 14.3. The molecule has 0 N–H and O–H groups in total. The molecule has 0 bridgehead atoms. The zero-order valence-corrected chi connectivity index (χ0v) is 12.1. The van der Waals surface area contributed by atoms with Crippen LogP contribution in [0.3, 0.4) is 0 Å². The van der Waals surface area contributed by atoms with Crippen LogP contribution in [0.2, 0.25) is 0 Å². The molecule has 1 unspecified atom stereocenters. The van der Waals surface area contributed by atoms with Gasteiger partial charge in [-0.25, -0.2) is 0 Å². The van der Waals surface area contributed by atoms with E-state index in [2.05, 4.69) is 0 Å². The topological polar surface area (TPSA) is 52.6 Å². The first-order chi connectivity index (χ1) is 8.08. The van der Waals surface area contributed by atoms with Crippen LogP contribution in [0.1, 0.15) is 46.5 Å². The zero-order valence-electron chi connectivity index (χ0n) is 11.2. The molecule has 1 atom stereocenters. The highest BCUT2D eigenvalue weighted by Gasteiger charge is 2.25. The summed E-state index contributed by atoms with van der Waals surface area (Å²) in [5.74, 6) is -0.403. The second kappa shape index (κ2) is 9.67. The number of unbranched alkanes of at least 4 members (excludes halogenated alkanes) is 2. The summed E-state index contributed by atoms with van der Waals surface area (Å²) < 4.78 is 22.5. The summed E-state index contributed by atoms with van der Waals surface area (Å²) in [5, 5.41) is 0. The van der Waals surface area contributed by atoms with Gasteiger partial charge in [-0.1, -0.05) is 33.6 Å². The quantitative estimate of drug-likeness (QED) is 0.344. The highest BCUT2D eigenvalue weighted by molar-refractivity contribution is 7.59. The molecule has 0 saturated heterocycles. The van der Waals surface area contributed by atoms with E-state index >= 15 is 0 Å². The third kappa shape index (κ3) is 8.39. The largest absolute Gasteiger partial charge is 0.465 e. The average Bonchev–Trinajstić information content (AvgIpc) is 2.30. The van der Waals surface area contributed by atoms with E-state index in [1.165, 1.54) is 0 Å². The minimum absolute atomic E-state index is 0.0864. The Morgan fingerprint density at radius 1 is 1.06 bits per heavy atom. The summed E-state index contributed by atoms with van der Waals surface area (Å²) in [6, 6.07) is 0. The van der Waals surface area contributed by atoms with Crippen molar-refractivity contribution in [3.8, 4) is 0 Å². The lowest BCUT2D eigenvalue weighted by molar-refractivity contribution is -0.140. The smallest absolute Gasteiger partial charge is 0.315 e. The van der Waals surface area contributed by atoms with Crippen molar-refractivity contribution in [2.24, 2.45) is 0 Å². The van der Waals surface area contributed by atoms with Gasteiger partial charge in [-0.05, 0) is 12.8 Å². The van der Waals surface area contributed by atoms with Gasteiger partial charge < -0.3 is 9.26 Å². The van der Waals surface area contributed by atoms with Gasteiger partial charge in [0.15, 0.2) is 0 Å². The van der Waals surface area contributed by atoms with Crippen molar-refractivity contribution in [2.45, 2.75) is 46.5 Å². The van der Waals surface area contributed by atoms with Crippen LogP contribution in [-0.4, -0.2) is 31.5 Å². The minimum Gasteiger partial charge on any atom is -0.465 e. The number of carbonyl (C=O) groups is 1. The van der Waals surface area contributed by atoms with Gasteiger partial charge in [-0.3, -0.25) is 9.36 Å². The van der Waals surface area contributed by atoms with Crippen molar-refractivity contribution >= 4 is 13.3 Å². The highest BCUT2D eigenvalue weighted by Crippen LogP contribution is 2.46. The molecule has 102 valence electrons. The predicted molar refractivity (Wildman–Crippen MR) is 69.7 cm³/mol. The molecule has 5 heteroatoms. The Labute approximate surface area is 105 Å². The van der Waals surface area contributed by atoms with Crippen LogP contribution in [-0.2, 0) is 18.6 Å². The third-order valence-electron chi connectivity index (χ3n) is 2.44. The van der Waals surface area contributed by atoms with E-state index in [0.29, 0.717) is 19.4 Å². The van der Waals surface area contributed by atoms with Crippen molar-refractivity contribution in [3.63, 3.8) is 0 Å². The van der Waals surface area contributed by atoms with E-state index < -0.39 is 13.3 Å². The maximum atomic E-state index is 12.2. The summed E-state index contributed by atoms with van der Waals surface area (Å²) in [5.41, 5.74) is 0. The summed E-state index contributed by atoms with van der Waals surface area (Å²) >= 11 is 0. The van der Waals surface area contributed by atoms with E-state index in [-0.39, 0.29) is 6.16 Å². The highest BCUT2D eigenvalue weighted by atomic mass is 31.2. The summed E-state index contributed by atoms with van der Waals surface area (Å²) in [7, 11) is -2.81. The van der Waals surface area contributed by atoms with E-state index in [4.69, 9.17) is 9.26 Å². The molecule has 17 heavy (non-hydrogen) atoms.